The highest BCUT2D eigenvalue weighted by Gasteiger charge is 2.25. The zero-order chi connectivity index (χ0) is 23.2. The number of ether oxygens (including phenoxy) is 2. The van der Waals surface area contributed by atoms with E-state index in [9.17, 15) is 4.79 Å². The quantitative estimate of drug-likeness (QED) is 0.341. The van der Waals surface area contributed by atoms with E-state index < -0.39 is 0 Å². The van der Waals surface area contributed by atoms with Crippen molar-refractivity contribution in [2.24, 2.45) is 4.99 Å². The van der Waals surface area contributed by atoms with Crippen LogP contribution in [0.3, 0.4) is 0 Å². The smallest absolute Gasteiger partial charge is 0.254 e. The van der Waals surface area contributed by atoms with Crippen molar-refractivity contribution in [3.05, 3.63) is 74.1 Å². The Morgan fingerprint density at radius 3 is 2.76 bits per heavy atom. The summed E-state index contributed by atoms with van der Waals surface area (Å²) in [6.07, 6.45) is 5.99. The molecule has 7 heteroatoms. The van der Waals surface area contributed by atoms with Crippen LogP contribution in [-0.2, 0) is 19.4 Å². The van der Waals surface area contributed by atoms with E-state index in [1.807, 2.05) is 49.4 Å². The van der Waals surface area contributed by atoms with Gasteiger partial charge in [0.05, 0.1) is 23.8 Å². The number of fused-ring (bicyclic) bond motifs is 1. The number of rotatable bonds is 8. The largest absolute Gasteiger partial charge is 0.493 e. The van der Waals surface area contributed by atoms with E-state index in [0.717, 1.165) is 57.4 Å². The van der Waals surface area contributed by atoms with Crippen LogP contribution < -0.4 is 14.8 Å². The van der Waals surface area contributed by atoms with Gasteiger partial charge in [0, 0.05) is 17.6 Å². The summed E-state index contributed by atoms with van der Waals surface area (Å²) >= 11 is 5.19. The fourth-order valence-electron chi connectivity index (χ4n) is 3.98. The Kier molecular flexibility index (Phi) is 7.83. The Morgan fingerprint density at radius 2 is 2.00 bits per heavy atom. The molecule has 0 fully saturated rings. The maximum Gasteiger partial charge on any atom is 0.254 e. The van der Waals surface area contributed by atoms with Gasteiger partial charge < -0.3 is 14.8 Å². The van der Waals surface area contributed by atoms with E-state index in [4.69, 9.17) is 14.5 Å². The van der Waals surface area contributed by atoms with Gasteiger partial charge in [-0.15, -0.1) is 11.3 Å². The minimum atomic E-state index is -0.0594. The van der Waals surface area contributed by atoms with Crippen molar-refractivity contribution < 1.29 is 14.3 Å². The molecule has 5 nitrogen and oxygen atoms in total. The lowest BCUT2D eigenvalue weighted by atomic mass is 9.95. The van der Waals surface area contributed by atoms with Crippen molar-refractivity contribution >= 4 is 44.4 Å². The van der Waals surface area contributed by atoms with Gasteiger partial charge in [-0.25, -0.2) is 4.99 Å². The van der Waals surface area contributed by atoms with E-state index in [1.165, 1.54) is 4.88 Å². The number of thiophene rings is 1. The number of methoxy groups -OCH3 is 1. The summed E-state index contributed by atoms with van der Waals surface area (Å²) < 4.78 is 12.0. The molecule has 0 atom stereocenters. The van der Waals surface area contributed by atoms with Crippen molar-refractivity contribution in [2.45, 2.75) is 39.2 Å². The van der Waals surface area contributed by atoms with Crippen LogP contribution in [-0.4, -0.2) is 25.8 Å². The molecule has 0 radical (unpaired) electrons. The second kappa shape index (κ2) is 11.0. The van der Waals surface area contributed by atoms with E-state index in [-0.39, 0.29) is 5.91 Å². The van der Waals surface area contributed by atoms with Gasteiger partial charge in [0.1, 0.15) is 5.00 Å². The lowest BCUT2D eigenvalue weighted by Gasteiger charge is -2.13. The highest BCUT2D eigenvalue weighted by atomic mass is 79.9. The van der Waals surface area contributed by atoms with Crippen molar-refractivity contribution in [3.63, 3.8) is 0 Å². The van der Waals surface area contributed by atoms with E-state index in [0.29, 0.717) is 24.7 Å². The Hall–Kier alpha value is -2.64. The van der Waals surface area contributed by atoms with Crippen molar-refractivity contribution in [2.75, 3.05) is 13.7 Å². The standard InChI is InChI=1S/C26H27BrN2O3S/c1-3-32-24-20(27)13-18(14-21(24)31-2)16-29-26-23(19-11-7-8-12-22(19)33-26)25(30)28-15-17-9-5-4-6-10-17/h4-6,9-10,13-14,16H,3,7-8,11-12,15H2,1-2H3,(H,28,30). The van der Waals surface area contributed by atoms with E-state index in [1.54, 1.807) is 24.7 Å². The van der Waals surface area contributed by atoms with Crippen molar-refractivity contribution in [3.8, 4) is 11.5 Å². The first kappa shape index (κ1) is 23.5. The molecule has 0 saturated carbocycles. The summed E-state index contributed by atoms with van der Waals surface area (Å²) in [6, 6.07) is 13.8. The summed E-state index contributed by atoms with van der Waals surface area (Å²) in [5.41, 5.74) is 3.82. The van der Waals surface area contributed by atoms with Crippen LogP contribution in [0.5, 0.6) is 11.5 Å². The average molecular weight is 527 g/mol. The van der Waals surface area contributed by atoms with Crippen molar-refractivity contribution in [1.82, 2.24) is 5.32 Å². The second-order valence-electron chi connectivity index (χ2n) is 7.78. The molecule has 0 unspecified atom stereocenters. The van der Waals surface area contributed by atoms with Crippen LogP contribution in [0.15, 0.2) is 51.9 Å². The normalized spacial score (nSPS) is 13.1. The summed E-state index contributed by atoms with van der Waals surface area (Å²) in [4.78, 5) is 19.3. The number of halogens is 1. The summed E-state index contributed by atoms with van der Waals surface area (Å²) in [5, 5.41) is 3.85. The molecule has 1 amide bonds. The van der Waals surface area contributed by atoms with Gasteiger partial charge in [-0.3, -0.25) is 4.79 Å². The Morgan fingerprint density at radius 1 is 1.21 bits per heavy atom. The number of aliphatic imine (C=N–C) groups is 1. The van der Waals surface area contributed by atoms with Crippen LogP contribution in [0, 0.1) is 0 Å². The molecule has 3 aromatic rings. The SMILES string of the molecule is CCOc1c(Br)cc(C=Nc2sc3c(c2C(=O)NCc2ccccc2)CCCC3)cc1OC. The Bertz CT molecular complexity index is 1160. The Balaban J connectivity index is 1.62. The van der Waals surface area contributed by atoms with E-state index >= 15 is 0 Å². The predicted molar refractivity (Wildman–Crippen MR) is 138 cm³/mol. The summed E-state index contributed by atoms with van der Waals surface area (Å²) in [6.45, 7) is 2.98. The number of carbonyl (C=O) groups is 1. The van der Waals surface area contributed by atoms with E-state index in [2.05, 4.69) is 21.2 Å². The number of carbonyl (C=O) groups excluding carboxylic acids is 1. The third kappa shape index (κ3) is 5.47. The van der Waals surface area contributed by atoms with Gasteiger partial charge >= 0.3 is 0 Å². The lowest BCUT2D eigenvalue weighted by molar-refractivity contribution is 0.0951. The first-order chi connectivity index (χ1) is 16.1. The molecular formula is C26H27BrN2O3S. The number of aryl methyl sites for hydroxylation is 1. The minimum Gasteiger partial charge on any atom is -0.493 e. The monoisotopic (exact) mass is 526 g/mol. The molecular weight excluding hydrogens is 500 g/mol. The number of nitrogens with zero attached hydrogens (tertiary/aromatic N) is 1. The fourth-order valence-corrected chi connectivity index (χ4v) is 5.78. The zero-order valence-electron chi connectivity index (χ0n) is 18.8. The molecule has 2 aromatic carbocycles. The van der Waals surface area contributed by atoms with Gasteiger partial charge in [-0.2, -0.15) is 0 Å². The molecule has 0 aliphatic heterocycles. The zero-order valence-corrected chi connectivity index (χ0v) is 21.2. The summed E-state index contributed by atoms with van der Waals surface area (Å²) in [7, 11) is 1.62. The highest BCUT2D eigenvalue weighted by molar-refractivity contribution is 9.10. The Labute approximate surface area is 207 Å². The van der Waals surface area contributed by atoms with Crippen LogP contribution in [0.25, 0.3) is 0 Å². The van der Waals surface area contributed by atoms with Crippen LogP contribution in [0.1, 0.15) is 51.7 Å². The first-order valence-electron chi connectivity index (χ1n) is 11.1. The molecule has 4 rings (SSSR count). The molecule has 0 spiro atoms. The molecule has 33 heavy (non-hydrogen) atoms. The third-order valence-electron chi connectivity index (χ3n) is 5.55. The van der Waals surface area contributed by atoms with Crippen LogP contribution in [0.2, 0.25) is 0 Å². The molecule has 1 aliphatic rings. The molecule has 1 aliphatic carbocycles. The minimum absolute atomic E-state index is 0.0594. The van der Waals surface area contributed by atoms with Gasteiger partial charge in [0.2, 0.25) is 0 Å². The third-order valence-corrected chi connectivity index (χ3v) is 7.34. The van der Waals surface area contributed by atoms with Gasteiger partial charge in [-0.1, -0.05) is 30.3 Å². The number of hydrogen-bond acceptors (Lipinski definition) is 5. The molecule has 172 valence electrons. The lowest BCUT2D eigenvalue weighted by Crippen LogP contribution is -2.24. The second-order valence-corrected chi connectivity index (χ2v) is 9.72. The number of nitrogens with one attached hydrogen (secondary N) is 1. The predicted octanol–water partition coefficient (Wildman–Crippen LogP) is 6.48. The molecule has 1 N–H and O–H groups in total. The van der Waals surface area contributed by atoms with Gasteiger partial charge in [-0.05, 0) is 77.4 Å². The number of amides is 1. The topological polar surface area (TPSA) is 59.9 Å². The maximum atomic E-state index is 13.2. The summed E-state index contributed by atoms with van der Waals surface area (Å²) in [5.74, 6) is 1.25. The van der Waals surface area contributed by atoms with Crippen LogP contribution in [0.4, 0.5) is 5.00 Å². The maximum absolute atomic E-state index is 13.2. The molecule has 1 aromatic heterocycles. The highest BCUT2D eigenvalue weighted by Crippen LogP contribution is 2.40. The van der Waals surface area contributed by atoms with Gasteiger partial charge in [0.25, 0.3) is 5.91 Å². The first-order valence-corrected chi connectivity index (χ1v) is 12.7. The van der Waals surface area contributed by atoms with Gasteiger partial charge in [0.15, 0.2) is 11.5 Å². The average Bonchev–Trinajstić information content (AvgIpc) is 3.22. The molecule has 0 saturated heterocycles. The van der Waals surface area contributed by atoms with Crippen LogP contribution >= 0.6 is 27.3 Å². The van der Waals surface area contributed by atoms with Crippen molar-refractivity contribution in [1.29, 1.82) is 0 Å². The fraction of sp³-hybridized carbons (Fsp3) is 0.308. The molecule has 1 heterocycles. The molecule has 0 bridgehead atoms. The number of benzene rings is 2. The number of hydrogen-bond donors (Lipinski definition) is 1.